The molecule has 1 unspecified atom stereocenters. The fourth-order valence-corrected chi connectivity index (χ4v) is 4.73. The fraction of sp³-hybridized carbons (Fsp3) is 0.320. The van der Waals surface area contributed by atoms with Gasteiger partial charge in [-0.1, -0.05) is 22.9 Å². The van der Waals surface area contributed by atoms with E-state index < -0.39 is 30.2 Å². The molecule has 34 heavy (non-hydrogen) atoms. The van der Waals surface area contributed by atoms with Crippen molar-refractivity contribution in [2.24, 2.45) is 0 Å². The Morgan fingerprint density at radius 3 is 2.62 bits per heavy atom. The Hall–Kier alpha value is -3.20. The number of nitrogens with one attached hydrogen (secondary N) is 2. The van der Waals surface area contributed by atoms with Crippen LogP contribution in [0.4, 0.5) is 20.6 Å². The van der Waals surface area contributed by atoms with Crippen LogP contribution in [0, 0.1) is 5.82 Å². The quantitative estimate of drug-likeness (QED) is 0.439. The van der Waals surface area contributed by atoms with Crippen LogP contribution in [-0.2, 0) is 9.59 Å². The highest BCUT2D eigenvalue weighted by atomic mass is 79.9. The fourth-order valence-electron chi connectivity index (χ4n) is 4.46. The van der Waals surface area contributed by atoms with Crippen LogP contribution in [0.15, 0.2) is 46.6 Å². The first-order valence-electron chi connectivity index (χ1n) is 10.9. The molecule has 0 aromatic heterocycles. The van der Waals surface area contributed by atoms with Crippen LogP contribution in [0.25, 0.3) is 6.08 Å². The number of halogens is 2. The number of nitrogens with zero attached hydrogens (tertiary/aromatic N) is 2. The average Bonchev–Trinajstić information content (AvgIpc) is 3.02. The van der Waals surface area contributed by atoms with Crippen molar-refractivity contribution in [1.82, 2.24) is 10.2 Å². The van der Waals surface area contributed by atoms with E-state index in [1.165, 1.54) is 12.1 Å². The minimum Gasteiger partial charge on any atom is -0.369 e. The number of carbonyl (C=O) groups is 3. The van der Waals surface area contributed by atoms with Crippen LogP contribution in [0.2, 0.25) is 0 Å². The Kier molecular flexibility index (Phi) is 6.24. The van der Waals surface area contributed by atoms with Crippen LogP contribution in [0.1, 0.15) is 44.2 Å². The maximum absolute atomic E-state index is 15.0. The summed E-state index contributed by atoms with van der Waals surface area (Å²) in [4.78, 5) is 40.4. The van der Waals surface area contributed by atoms with Crippen LogP contribution in [0.5, 0.6) is 0 Å². The number of imide groups is 1. The van der Waals surface area contributed by atoms with Crippen molar-refractivity contribution in [3.63, 3.8) is 0 Å². The summed E-state index contributed by atoms with van der Waals surface area (Å²) in [6, 6.07) is 9.39. The molecule has 178 valence electrons. The van der Waals surface area contributed by atoms with Gasteiger partial charge in [-0.25, -0.2) is 14.1 Å². The van der Waals surface area contributed by atoms with Crippen LogP contribution >= 0.6 is 15.9 Å². The molecule has 4 rings (SSSR count). The minimum absolute atomic E-state index is 0.0718. The number of anilines is 2. The second-order valence-corrected chi connectivity index (χ2v) is 10.3. The van der Waals surface area contributed by atoms with Crippen molar-refractivity contribution < 1.29 is 18.8 Å². The van der Waals surface area contributed by atoms with E-state index >= 15 is 4.39 Å². The van der Waals surface area contributed by atoms with Crippen molar-refractivity contribution >= 4 is 51.2 Å². The summed E-state index contributed by atoms with van der Waals surface area (Å²) in [5.41, 5.74) is 2.37. The zero-order valence-electron chi connectivity index (χ0n) is 19.4. The van der Waals surface area contributed by atoms with Crippen LogP contribution in [-0.4, -0.2) is 41.9 Å². The molecule has 2 N–H and O–H groups in total. The van der Waals surface area contributed by atoms with Gasteiger partial charge in [-0.3, -0.25) is 9.59 Å². The SMILES string of the molecule is CC1CC(C)(C)N(C)c2cc(F)c(/C=C3/NC(=O)N(CC(=O)Nc4ccc(Br)cc4)C3=O)cc21. The molecule has 0 bridgehead atoms. The number of rotatable bonds is 4. The third kappa shape index (κ3) is 4.57. The van der Waals surface area contributed by atoms with Gasteiger partial charge in [0.15, 0.2) is 0 Å². The highest BCUT2D eigenvalue weighted by Gasteiger charge is 2.37. The Morgan fingerprint density at radius 2 is 1.94 bits per heavy atom. The molecule has 0 radical (unpaired) electrons. The maximum Gasteiger partial charge on any atom is 0.329 e. The molecule has 2 aliphatic heterocycles. The summed E-state index contributed by atoms with van der Waals surface area (Å²) in [5.74, 6) is -1.49. The second-order valence-electron chi connectivity index (χ2n) is 9.34. The van der Waals surface area contributed by atoms with Crippen molar-refractivity contribution in [1.29, 1.82) is 0 Å². The first-order chi connectivity index (χ1) is 16.0. The van der Waals surface area contributed by atoms with E-state index in [4.69, 9.17) is 0 Å². The normalized spacial score (nSPS) is 20.4. The third-order valence-electron chi connectivity index (χ3n) is 6.44. The molecular formula is C25H26BrFN4O3. The lowest BCUT2D eigenvalue weighted by molar-refractivity contribution is -0.127. The van der Waals surface area contributed by atoms with E-state index in [0.717, 1.165) is 27.0 Å². The second kappa shape index (κ2) is 8.87. The smallest absolute Gasteiger partial charge is 0.329 e. The van der Waals surface area contributed by atoms with E-state index in [-0.39, 0.29) is 22.7 Å². The predicted octanol–water partition coefficient (Wildman–Crippen LogP) is 4.84. The molecule has 4 amide bonds. The largest absolute Gasteiger partial charge is 0.369 e. The van der Waals surface area contributed by atoms with Gasteiger partial charge in [-0.15, -0.1) is 0 Å². The van der Waals surface area contributed by atoms with Crippen LogP contribution < -0.4 is 15.5 Å². The zero-order chi connectivity index (χ0) is 24.8. The lowest BCUT2D eigenvalue weighted by atomic mass is 9.80. The zero-order valence-corrected chi connectivity index (χ0v) is 21.0. The molecule has 7 nitrogen and oxygen atoms in total. The Morgan fingerprint density at radius 1 is 1.26 bits per heavy atom. The summed E-state index contributed by atoms with van der Waals surface area (Å²) < 4.78 is 15.9. The molecular weight excluding hydrogens is 503 g/mol. The number of hydrogen-bond acceptors (Lipinski definition) is 4. The number of fused-ring (bicyclic) bond motifs is 1. The molecule has 2 aromatic rings. The maximum atomic E-state index is 15.0. The lowest BCUT2D eigenvalue weighted by Crippen LogP contribution is -2.45. The van der Waals surface area contributed by atoms with Gasteiger partial charge in [-0.2, -0.15) is 0 Å². The topological polar surface area (TPSA) is 81.8 Å². The lowest BCUT2D eigenvalue weighted by Gasteiger charge is -2.45. The van der Waals surface area contributed by atoms with Crippen molar-refractivity contribution in [3.05, 3.63) is 63.5 Å². The molecule has 2 aliphatic rings. The van der Waals surface area contributed by atoms with E-state index in [9.17, 15) is 14.4 Å². The van der Waals surface area contributed by atoms with Gasteiger partial charge in [0.25, 0.3) is 5.91 Å². The molecule has 0 saturated carbocycles. The van der Waals surface area contributed by atoms with Gasteiger partial charge in [0.1, 0.15) is 18.1 Å². The minimum atomic E-state index is -0.726. The first kappa shape index (κ1) is 23.9. The molecule has 0 aliphatic carbocycles. The highest BCUT2D eigenvalue weighted by Crippen LogP contribution is 2.43. The molecule has 0 spiro atoms. The molecule has 2 aromatic carbocycles. The summed E-state index contributed by atoms with van der Waals surface area (Å²) in [7, 11) is 1.94. The van der Waals surface area contributed by atoms with E-state index in [1.807, 2.05) is 7.05 Å². The first-order valence-corrected chi connectivity index (χ1v) is 11.7. The number of urea groups is 1. The molecule has 2 heterocycles. The third-order valence-corrected chi connectivity index (χ3v) is 6.97. The van der Waals surface area contributed by atoms with Gasteiger partial charge in [-0.05, 0) is 74.2 Å². The van der Waals surface area contributed by atoms with Crippen molar-refractivity contribution in [2.75, 3.05) is 23.8 Å². The molecule has 1 atom stereocenters. The van der Waals surface area contributed by atoms with Gasteiger partial charge >= 0.3 is 6.03 Å². The Bertz CT molecular complexity index is 1210. The standard InChI is InChI=1S/C25H26BrFN4O3/c1-14-12-25(2,3)30(4)21-11-19(27)15(9-18(14)21)10-20-23(33)31(24(34)29-20)13-22(32)28-17-7-5-16(26)6-8-17/h5-11,14H,12-13H2,1-4H3,(H,28,32)(H,29,34)/b20-10+. The average molecular weight is 529 g/mol. The predicted molar refractivity (Wildman–Crippen MR) is 133 cm³/mol. The van der Waals surface area contributed by atoms with Gasteiger partial charge in [0.05, 0.1) is 0 Å². The number of carbonyl (C=O) groups excluding carboxylic acids is 3. The summed E-state index contributed by atoms with van der Waals surface area (Å²) >= 11 is 3.31. The summed E-state index contributed by atoms with van der Waals surface area (Å²) in [6.45, 7) is 5.88. The Labute approximate surface area is 206 Å². The number of amides is 4. The molecule has 1 fully saturated rings. The van der Waals surface area contributed by atoms with E-state index in [0.29, 0.717) is 5.69 Å². The van der Waals surface area contributed by atoms with Crippen LogP contribution in [0.3, 0.4) is 0 Å². The van der Waals surface area contributed by atoms with Crippen molar-refractivity contribution in [2.45, 2.75) is 38.6 Å². The van der Waals surface area contributed by atoms with Gasteiger partial charge in [0.2, 0.25) is 5.91 Å². The summed E-state index contributed by atoms with van der Waals surface area (Å²) in [6.07, 6.45) is 2.23. The van der Waals surface area contributed by atoms with E-state index in [2.05, 4.69) is 52.2 Å². The monoisotopic (exact) mass is 528 g/mol. The molecule has 9 heteroatoms. The van der Waals surface area contributed by atoms with Gasteiger partial charge < -0.3 is 15.5 Å². The Balaban J connectivity index is 1.54. The number of benzene rings is 2. The van der Waals surface area contributed by atoms with Crippen molar-refractivity contribution in [3.8, 4) is 0 Å². The number of hydrogen-bond donors (Lipinski definition) is 2. The summed E-state index contributed by atoms with van der Waals surface area (Å²) in [5, 5.41) is 5.10. The van der Waals surface area contributed by atoms with E-state index in [1.54, 1.807) is 30.3 Å². The van der Waals surface area contributed by atoms with Gasteiger partial charge in [0, 0.05) is 34.0 Å². The molecule has 1 saturated heterocycles. The highest BCUT2D eigenvalue weighted by molar-refractivity contribution is 9.10.